The van der Waals surface area contributed by atoms with Gasteiger partial charge in [-0.25, -0.2) is 13.2 Å². The first kappa shape index (κ1) is 23.2. The molecule has 4 atom stereocenters. The summed E-state index contributed by atoms with van der Waals surface area (Å²) < 4.78 is 72.3. The molecule has 11 heteroatoms. The van der Waals surface area contributed by atoms with E-state index in [-0.39, 0.29) is 0 Å². The summed E-state index contributed by atoms with van der Waals surface area (Å²) in [5.41, 5.74) is -2.36. The first-order valence-electron chi connectivity index (χ1n) is 9.61. The Kier molecular flexibility index (Phi) is 5.90. The molecule has 1 aromatic rings. The van der Waals surface area contributed by atoms with Gasteiger partial charge >= 0.3 is 11.3 Å². The van der Waals surface area contributed by atoms with Crippen LogP contribution in [0.1, 0.15) is 46.5 Å². The normalized spacial score (nSPS) is 28.4. The summed E-state index contributed by atoms with van der Waals surface area (Å²) in [5, 5.41) is 5.17. The molecule has 3 rings (SSSR count). The lowest BCUT2D eigenvalue weighted by Crippen LogP contribution is -2.70. The van der Waals surface area contributed by atoms with Gasteiger partial charge in [-0.1, -0.05) is 18.2 Å². The van der Waals surface area contributed by atoms with Crippen molar-refractivity contribution in [1.29, 1.82) is 0 Å². The monoisotopic (exact) mass is 464 g/mol. The fourth-order valence-electron chi connectivity index (χ4n) is 4.28. The molecular formula is C19H26F2N2O5S2. The molecule has 0 saturated carbocycles. The molecule has 2 heterocycles. The van der Waals surface area contributed by atoms with Crippen LogP contribution in [0.2, 0.25) is 0 Å². The molecule has 1 aromatic carbocycles. The number of benzene rings is 1. The highest BCUT2D eigenvalue weighted by molar-refractivity contribution is 7.93. The van der Waals surface area contributed by atoms with Gasteiger partial charge in [0.2, 0.25) is 9.84 Å². The Balaban J connectivity index is 2.10. The molecule has 2 aliphatic heterocycles. The molecule has 2 saturated heterocycles. The van der Waals surface area contributed by atoms with E-state index in [0.717, 1.165) is 17.0 Å². The fraction of sp³-hybridized carbons (Fsp3) is 0.632. The molecular weight excluding hydrogens is 438 g/mol. The van der Waals surface area contributed by atoms with Gasteiger partial charge in [0.25, 0.3) is 0 Å². The molecule has 2 fully saturated rings. The number of piperidine rings is 1. The van der Waals surface area contributed by atoms with Crippen LogP contribution >= 0.6 is 0 Å². The van der Waals surface area contributed by atoms with Crippen molar-refractivity contribution in [1.82, 2.24) is 9.62 Å². The van der Waals surface area contributed by atoms with E-state index in [1.807, 2.05) is 0 Å². The molecule has 2 bridgehead atoms. The van der Waals surface area contributed by atoms with E-state index < -0.39 is 72.7 Å². The maximum absolute atomic E-state index is 15.9. The molecule has 168 valence electrons. The Bertz CT molecular complexity index is 891. The number of sulfone groups is 1. The van der Waals surface area contributed by atoms with Crippen LogP contribution in [-0.4, -0.2) is 56.7 Å². The van der Waals surface area contributed by atoms with E-state index in [2.05, 4.69) is 4.72 Å². The van der Waals surface area contributed by atoms with Crippen molar-refractivity contribution in [2.45, 2.75) is 79.0 Å². The van der Waals surface area contributed by atoms with Crippen LogP contribution in [0.3, 0.4) is 0 Å². The predicted octanol–water partition coefficient (Wildman–Crippen LogP) is 3.15. The van der Waals surface area contributed by atoms with Gasteiger partial charge in [0.05, 0.1) is 4.90 Å². The number of halogens is 2. The average Bonchev–Trinajstić information content (AvgIpc) is 2.93. The predicted molar refractivity (Wildman–Crippen MR) is 108 cm³/mol. The zero-order valence-electron chi connectivity index (χ0n) is 17.0. The number of alkyl halides is 2. The average molecular weight is 465 g/mol. The summed E-state index contributed by atoms with van der Waals surface area (Å²) in [4.78, 5) is 12.2. The van der Waals surface area contributed by atoms with E-state index in [1.165, 1.54) is 18.2 Å². The molecule has 2 N–H and O–H groups in total. The summed E-state index contributed by atoms with van der Waals surface area (Å²) in [7, 11) is -5.14. The van der Waals surface area contributed by atoms with Crippen LogP contribution in [-0.2, 0) is 21.2 Å². The van der Waals surface area contributed by atoms with Gasteiger partial charge in [-0.05, 0) is 58.6 Å². The van der Waals surface area contributed by atoms with Crippen LogP contribution in [0.5, 0.6) is 0 Å². The number of nitrogens with zero attached hydrogens (tertiary/aromatic N) is 1. The number of fused-ring (bicyclic) bond motifs is 2. The van der Waals surface area contributed by atoms with Crippen LogP contribution in [0, 0.1) is 0 Å². The Morgan fingerprint density at radius 2 is 1.70 bits per heavy atom. The third-order valence-corrected chi connectivity index (χ3v) is 9.45. The summed E-state index contributed by atoms with van der Waals surface area (Å²) >= 11 is -2.00. The van der Waals surface area contributed by atoms with E-state index >= 15 is 8.78 Å². The lowest BCUT2D eigenvalue weighted by atomic mass is 9.84. The highest BCUT2D eigenvalue weighted by atomic mass is 32.2. The summed E-state index contributed by atoms with van der Waals surface area (Å²) in [5.74, 6) is 0. The van der Waals surface area contributed by atoms with Gasteiger partial charge < -0.3 is 14.6 Å². The van der Waals surface area contributed by atoms with Crippen LogP contribution < -0.4 is 4.72 Å². The van der Waals surface area contributed by atoms with Crippen molar-refractivity contribution in [2.24, 2.45) is 0 Å². The number of amides is 1. The van der Waals surface area contributed by atoms with Gasteiger partial charge in [-0.2, -0.15) is 8.78 Å². The van der Waals surface area contributed by atoms with Crippen molar-refractivity contribution >= 4 is 27.3 Å². The minimum atomic E-state index is -5.14. The van der Waals surface area contributed by atoms with E-state index in [9.17, 15) is 22.9 Å². The van der Waals surface area contributed by atoms with Crippen LogP contribution in [0.15, 0.2) is 35.2 Å². The second kappa shape index (κ2) is 7.61. The standard InChI is InChI=1S/C19H26F2N2O5S2/c1-17(2,3)29(26)22-18(11-13-9-10-14(12-18)23(13)16(24)25)19(20,21)30(27,28)15-7-5-4-6-8-15/h4-8,13-14,22H,9-12H2,1-3H3,(H,24,25)/t13-,14+,18+,29?. The zero-order valence-corrected chi connectivity index (χ0v) is 18.6. The van der Waals surface area contributed by atoms with Gasteiger partial charge in [0.15, 0.2) is 0 Å². The second-order valence-electron chi connectivity index (χ2n) is 8.88. The zero-order chi connectivity index (χ0) is 22.5. The van der Waals surface area contributed by atoms with E-state index in [1.54, 1.807) is 20.8 Å². The summed E-state index contributed by atoms with van der Waals surface area (Å²) in [6.45, 7) is 4.78. The van der Waals surface area contributed by atoms with Crippen molar-refractivity contribution < 1.29 is 31.7 Å². The maximum atomic E-state index is 15.9. The topological polar surface area (TPSA) is 110 Å². The number of nitrogens with one attached hydrogen (secondary N) is 1. The molecule has 1 unspecified atom stereocenters. The number of hydrogen-bond donors (Lipinski definition) is 2. The molecule has 0 radical (unpaired) electrons. The molecule has 0 aliphatic carbocycles. The summed E-state index contributed by atoms with van der Waals surface area (Å²) in [6, 6.07) is 4.87. The Morgan fingerprint density at radius 1 is 1.20 bits per heavy atom. The lowest BCUT2D eigenvalue weighted by Gasteiger charge is -2.48. The van der Waals surface area contributed by atoms with Crippen LogP contribution in [0.25, 0.3) is 0 Å². The Morgan fingerprint density at radius 3 is 2.13 bits per heavy atom. The van der Waals surface area contributed by atoms with Gasteiger partial charge in [0.1, 0.15) is 10.3 Å². The van der Waals surface area contributed by atoms with Crippen molar-refractivity contribution in [3.05, 3.63) is 30.3 Å². The van der Waals surface area contributed by atoms with Gasteiger partial charge in [-0.15, -0.1) is 4.72 Å². The van der Waals surface area contributed by atoms with Crippen molar-refractivity contribution in [3.63, 3.8) is 0 Å². The molecule has 2 aliphatic rings. The number of hydrogen-bond acceptors (Lipinski definition) is 5. The van der Waals surface area contributed by atoms with Gasteiger partial charge in [0, 0.05) is 23.4 Å². The smallest absolute Gasteiger partial charge is 0.407 e. The second-order valence-corrected chi connectivity index (χ2v) is 12.8. The minimum Gasteiger partial charge on any atom is -0.598 e. The summed E-state index contributed by atoms with van der Waals surface area (Å²) in [6.07, 6.45) is -1.41. The third kappa shape index (κ3) is 3.69. The number of rotatable bonds is 5. The first-order valence-corrected chi connectivity index (χ1v) is 12.2. The van der Waals surface area contributed by atoms with E-state index in [4.69, 9.17) is 0 Å². The van der Waals surface area contributed by atoms with Gasteiger partial charge in [-0.3, -0.25) is 0 Å². The number of carboxylic acid groups (broad SMARTS) is 1. The Labute approximate surface area is 178 Å². The van der Waals surface area contributed by atoms with Crippen LogP contribution in [0.4, 0.5) is 13.6 Å². The highest BCUT2D eigenvalue weighted by Gasteiger charge is 2.69. The van der Waals surface area contributed by atoms with E-state index in [0.29, 0.717) is 12.8 Å². The highest BCUT2D eigenvalue weighted by Crippen LogP contribution is 2.51. The molecule has 1 amide bonds. The SMILES string of the molecule is CC(C)(C)[S+]([O-])N[C@@]1(C(F)(F)S(=O)(=O)c2ccccc2)C[C@H]2CC[C@@H](C1)N2C(=O)O. The fourth-order valence-corrected chi connectivity index (χ4v) is 6.84. The maximum Gasteiger partial charge on any atom is 0.407 e. The first-order chi connectivity index (χ1) is 13.7. The largest absolute Gasteiger partial charge is 0.598 e. The molecule has 0 aromatic heterocycles. The van der Waals surface area contributed by atoms with Crippen molar-refractivity contribution in [2.75, 3.05) is 0 Å². The quantitative estimate of drug-likeness (QED) is 0.648. The molecule has 0 spiro atoms. The third-order valence-electron chi connectivity index (χ3n) is 5.80. The van der Waals surface area contributed by atoms with Crippen molar-refractivity contribution in [3.8, 4) is 0 Å². The minimum absolute atomic E-state index is 0.351. The Hall–Kier alpha value is -1.43. The lowest BCUT2D eigenvalue weighted by molar-refractivity contribution is -0.0505. The number of carbonyl (C=O) groups is 1. The molecule has 7 nitrogen and oxygen atoms in total. The molecule has 30 heavy (non-hydrogen) atoms.